The molecule has 4 rings (SSSR count). The summed E-state index contributed by atoms with van der Waals surface area (Å²) in [6.45, 7) is 0. The van der Waals surface area contributed by atoms with Gasteiger partial charge in [-0.2, -0.15) is 4.31 Å². The van der Waals surface area contributed by atoms with Crippen molar-refractivity contribution in [2.75, 3.05) is 12.4 Å². The topological polar surface area (TPSA) is 97.2 Å². The molecule has 0 saturated heterocycles. The van der Waals surface area contributed by atoms with Gasteiger partial charge in [0.15, 0.2) is 0 Å². The van der Waals surface area contributed by atoms with Crippen LogP contribution in [0, 0.1) is 0 Å². The lowest BCUT2D eigenvalue weighted by Crippen LogP contribution is -2.38. The Kier molecular flexibility index (Phi) is 6.15. The summed E-state index contributed by atoms with van der Waals surface area (Å²) >= 11 is 0. The predicted octanol–water partition coefficient (Wildman–Crippen LogP) is 3.47. The number of hydrogen-bond acceptors (Lipinski definition) is 5. The Morgan fingerprint density at radius 3 is 2.61 bits per heavy atom. The van der Waals surface area contributed by atoms with E-state index in [0.717, 1.165) is 32.1 Å². The lowest BCUT2D eigenvalue weighted by Gasteiger charge is -2.30. The van der Waals surface area contributed by atoms with Gasteiger partial charge in [0.05, 0.1) is 28.7 Å². The highest BCUT2D eigenvalue weighted by Gasteiger charge is 2.29. The maximum absolute atomic E-state index is 13.1. The van der Waals surface area contributed by atoms with Crippen LogP contribution in [-0.2, 0) is 10.0 Å². The Morgan fingerprint density at radius 2 is 1.87 bits per heavy atom. The molecule has 9 heteroatoms. The van der Waals surface area contributed by atoms with Crippen LogP contribution in [0.1, 0.15) is 42.5 Å². The van der Waals surface area contributed by atoms with Crippen LogP contribution < -0.4 is 5.32 Å². The van der Waals surface area contributed by atoms with Crippen molar-refractivity contribution < 1.29 is 13.2 Å². The molecule has 8 nitrogen and oxygen atoms in total. The first kappa shape index (κ1) is 21.2. The summed E-state index contributed by atoms with van der Waals surface area (Å²) in [6.07, 6.45) is 8.20. The second-order valence-corrected chi connectivity index (χ2v) is 9.66. The Labute approximate surface area is 181 Å². The predicted molar refractivity (Wildman–Crippen MR) is 118 cm³/mol. The van der Waals surface area contributed by atoms with Crippen molar-refractivity contribution in [3.63, 3.8) is 0 Å². The smallest absolute Gasteiger partial charge is 0.255 e. The van der Waals surface area contributed by atoms with Crippen molar-refractivity contribution >= 4 is 21.6 Å². The molecule has 0 unspecified atom stereocenters. The molecule has 31 heavy (non-hydrogen) atoms. The van der Waals surface area contributed by atoms with Gasteiger partial charge in [0.25, 0.3) is 5.91 Å². The van der Waals surface area contributed by atoms with Crippen molar-refractivity contribution in [3.05, 3.63) is 66.5 Å². The van der Waals surface area contributed by atoms with E-state index in [-0.39, 0.29) is 16.5 Å². The van der Waals surface area contributed by atoms with E-state index >= 15 is 0 Å². The number of carbonyl (C=O) groups excluding carboxylic acids is 1. The molecule has 3 aromatic rings. The number of anilines is 1. The molecule has 162 valence electrons. The first-order chi connectivity index (χ1) is 15.0. The van der Waals surface area contributed by atoms with Gasteiger partial charge in [-0.3, -0.25) is 4.79 Å². The van der Waals surface area contributed by atoms with Crippen LogP contribution in [0.3, 0.4) is 0 Å². The minimum Gasteiger partial charge on any atom is -0.320 e. The Morgan fingerprint density at radius 1 is 1.10 bits per heavy atom. The van der Waals surface area contributed by atoms with E-state index in [9.17, 15) is 13.2 Å². The SMILES string of the molecule is CN(C1CCCCC1)S(=O)(=O)c1cccc(C(=O)Nc2ccccc2-n2ccnn2)c1. The molecule has 1 heterocycles. The molecular formula is C22H25N5O3S. The lowest BCUT2D eigenvalue weighted by atomic mass is 9.96. The first-order valence-corrected chi connectivity index (χ1v) is 11.8. The van der Waals surface area contributed by atoms with Gasteiger partial charge in [0.2, 0.25) is 10.0 Å². The van der Waals surface area contributed by atoms with E-state index in [1.54, 1.807) is 48.4 Å². The largest absolute Gasteiger partial charge is 0.320 e. The van der Waals surface area contributed by atoms with Crippen molar-refractivity contribution in [2.24, 2.45) is 0 Å². The Hall–Kier alpha value is -3.04. The van der Waals surface area contributed by atoms with E-state index in [0.29, 0.717) is 11.4 Å². The van der Waals surface area contributed by atoms with Gasteiger partial charge >= 0.3 is 0 Å². The summed E-state index contributed by atoms with van der Waals surface area (Å²) in [5, 5.41) is 10.6. The monoisotopic (exact) mass is 439 g/mol. The summed E-state index contributed by atoms with van der Waals surface area (Å²) in [5.74, 6) is -0.398. The van der Waals surface area contributed by atoms with Gasteiger partial charge in [-0.25, -0.2) is 13.1 Å². The van der Waals surface area contributed by atoms with Gasteiger partial charge in [-0.1, -0.05) is 42.7 Å². The van der Waals surface area contributed by atoms with E-state index in [1.165, 1.54) is 16.4 Å². The molecule has 2 aromatic carbocycles. The lowest BCUT2D eigenvalue weighted by molar-refractivity contribution is 0.102. The van der Waals surface area contributed by atoms with Crippen molar-refractivity contribution in [1.82, 2.24) is 19.3 Å². The van der Waals surface area contributed by atoms with E-state index in [2.05, 4.69) is 15.6 Å². The fourth-order valence-electron chi connectivity index (χ4n) is 3.92. The molecule has 0 bridgehead atoms. The Balaban J connectivity index is 1.57. The van der Waals surface area contributed by atoms with Crippen LogP contribution in [0.5, 0.6) is 0 Å². The summed E-state index contributed by atoms with van der Waals surface area (Å²) in [4.78, 5) is 13.0. The van der Waals surface area contributed by atoms with Gasteiger partial charge in [-0.15, -0.1) is 5.10 Å². The quantitative estimate of drug-likeness (QED) is 0.634. The average molecular weight is 440 g/mol. The maximum atomic E-state index is 13.1. The van der Waals surface area contributed by atoms with Crippen molar-refractivity contribution in [2.45, 2.75) is 43.0 Å². The first-order valence-electron chi connectivity index (χ1n) is 10.3. The zero-order chi connectivity index (χ0) is 21.8. The molecule has 1 N–H and O–H groups in total. The molecule has 1 amide bonds. The maximum Gasteiger partial charge on any atom is 0.255 e. The second kappa shape index (κ2) is 8.99. The standard InChI is InChI=1S/C22H25N5O3S/c1-26(18-9-3-2-4-10-18)31(29,30)19-11-7-8-17(16-19)22(28)24-20-12-5-6-13-21(20)27-15-14-23-25-27/h5-8,11-16,18H,2-4,9-10H2,1H3,(H,24,28). The molecule has 1 fully saturated rings. The van der Waals surface area contributed by atoms with Gasteiger partial charge in [0.1, 0.15) is 0 Å². The van der Waals surface area contributed by atoms with Crippen LogP contribution in [0.2, 0.25) is 0 Å². The fourth-order valence-corrected chi connectivity index (χ4v) is 5.38. The summed E-state index contributed by atoms with van der Waals surface area (Å²) in [7, 11) is -2.05. The third kappa shape index (κ3) is 4.52. The number of nitrogens with zero attached hydrogens (tertiary/aromatic N) is 4. The van der Waals surface area contributed by atoms with Gasteiger partial charge in [-0.05, 0) is 43.2 Å². The number of rotatable bonds is 6. The van der Waals surface area contributed by atoms with Gasteiger partial charge in [0, 0.05) is 18.7 Å². The molecule has 1 saturated carbocycles. The van der Waals surface area contributed by atoms with Crippen LogP contribution in [-0.4, -0.2) is 46.7 Å². The molecule has 1 aromatic heterocycles. The molecule has 0 atom stereocenters. The third-order valence-corrected chi connectivity index (χ3v) is 7.59. The fraction of sp³-hybridized carbons (Fsp3) is 0.318. The number of sulfonamides is 1. The molecule has 1 aliphatic rings. The number of amides is 1. The van der Waals surface area contributed by atoms with Crippen LogP contribution in [0.25, 0.3) is 5.69 Å². The van der Waals surface area contributed by atoms with Crippen LogP contribution >= 0.6 is 0 Å². The van der Waals surface area contributed by atoms with Crippen LogP contribution in [0.4, 0.5) is 5.69 Å². The van der Waals surface area contributed by atoms with E-state index < -0.39 is 15.9 Å². The molecule has 0 radical (unpaired) electrons. The number of para-hydroxylation sites is 2. The number of hydrogen-bond donors (Lipinski definition) is 1. The van der Waals surface area contributed by atoms with E-state index in [1.807, 2.05) is 12.1 Å². The molecule has 0 aliphatic heterocycles. The van der Waals surface area contributed by atoms with Crippen molar-refractivity contribution in [3.8, 4) is 5.69 Å². The number of benzene rings is 2. The minimum atomic E-state index is -3.68. The highest BCUT2D eigenvalue weighted by Crippen LogP contribution is 2.27. The van der Waals surface area contributed by atoms with Crippen molar-refractivity contribution in [1.29, 1.82) is 0 Å². The average Bonchev–Trinajstić information content (AvgIpc) is 3.34. The highest BCUT2D eigenvalue weighted by atomic mass is 32.2. The highest BCUT2D eigenvalue weighted by molar-refractivity contribution is 7.89. The molecular weight excluding hydrogens is 414 g/mol. The van der Waals surface area contributed by atoms with Gasteiger partial charge < -0.3 is 5.32 Å². The number of aromatic nitrogens is 3. The second-order valence-electron chi connectivity index (χ2n) is 7.66. The third-order valence-electron chi connectivity index (χ3n) is 5.68. The normalized spacial score (nSPS) is 15.2. The zero-order valence-electron chi connectivity index (χ0n) is 17.3. The summed E-state index contributed by atoms with van der Waals surface area (Å²) < 4.78 is 29.3. The van der Waals surface area contributed by atoms with Crippen LogP contribution in [0.15, 0.2) is 65.8 Å². The number of nitrogens with one attached hydrogen (secondary N) is 1. The minimum absolute atomic E-state index is 0.00536. The van der Waals surface area contributed by atoms with E-state index in [4.69, 9.17) is 0 Å². The molecule has 0 spiro atoms. The summed E-state index contributed by atoms with van der Waals surface area (Å²) in [6, 6.07) is 13.4. The molecule has 1 aliphatic carbocycles. The zero-order valence-corrected chi connectivity index (χ0v) is 18.1. The number of carbonyl (C=O) groups is 1. The summed E-state index contributed by atoms with van der Waals surface area (Å²) in [5.41, 5.74) is 1.48. The Bertz CT molecular complexity index is 1160.